The zero-order chi connectivity index (χ0) is 13.6. The Morgan fingerprint density at radius 3 is 1.63 bits per heavy atom. The van der Waals surface area contributed by atoms with Crippen molar-refractivity contribution in [3.05, 3.63) is 63.7 Å². The van der Waals surface area contributed by atoms with E-state index in [0.717, 1.165) is 13.1 Å². The Morgan fingerprint density at radius 2 is 1.16 bits per heavy atom. The predicted octanol–water partition coefficient (Wildman–Crippen LogP) is 4.44. The molecule has 2 aromatic carbocycles. The van der Waals surface area contributed by atoms with Crippen molar-refractivity contribution in [3.8, 4) is 0 Å². The highest BCUT2D eigenvalue weighted by Gasteiger charge is 2.20. The van der Waals surface area contributed by atoms with E-state index in [1.165, 1.54) is 39.1 Å². The molecule has 1 heteroatoms. The van der Waals surface area contributed by atoms with Crippen LogP contribution in [0.4, 0.5) is 5.69 Å². The molecule has 0 fully saturated rings. The summed E-state index contributed by atoms with van der Waals surface area (Å²) in [5.74, 6) is 0. The molecule has 1 heterocycles. The second-order valence-corrected chi connectivity index (χ2v) is 5.91. The maximum absolute atomic E-state index is 2.48. The smallest absolute Gasteiger partial charge is 0.0436 e. The lowest BCUT2D eigenvalue weighted by Gasteiger charge is -2.19. The summed E-state index contributed by atoms with van der Waals surface area (Å²) < 4.78 is 0. The molecule has 3 rings (SSSR count). The number of nitrogens with zero attached hydrogens (tertiary/aromatic N) is 1. The first-order valence-corrected chi connectivity index (χ1v) is 6.95. The monoisotopic (exact) mass is 251 g/mol. The lowest BCUT2D eigenvalue weighted by Crippen LogP contribution is -2.14. The van der Waals surface area contributed by atoms with E-state index in [-0.39, 0.29) is 0 Å². The maximum atomic E-state index is 2.48. The van der Waals surface area contributed by atoms with E-state index in [4.69, 9.17) is 0 Å². The fraction of sp³-hybridized carbons (Fsp3) is 0.333. The second-order valence-electron chi connectivity index (χ2n) is 5.91. The average Bonchev–Trinajstić information content (AvgIpc) is 2.71. The van der Waals surface area contributed by atoms with Crippen LogP contribution in [0.25, 0.3) is 0 Å². The number of fused-ring (bicyclic) bond motifs is 1. The fourth-order valence-corrected chi connectivity index (χ4v) is 3.01. The van der Waals surface area contributed by atoms with Crippen molar-refractivity contribution in [2.75, 3.05) is 4.90 Å². The highest BCUT2D eigenvalue weighted by molar-refractivity contribution is 5.55. The molecule has 0 amide bonds. The van der Waals surface area contributed by atoms with Gasteiger partial charge in [-0.25, -0.2) is 0 Å². The molecule has 0 aliphatic carbocycles. The van der Waals surface area contributed by atoms with Crippen molar-refractivity contribution >= 4 is 5.69 Å². The fourth-order valence-electron chi connectivity index (χ4n) is 3.01. The second kappa shape index (κ2) is 4.41. The van der Waals surface area contributed by atoms with Crippen LogP contribution in [0.15, 0.2) is 30.3 Å². The summed E-state index contributed by atoms with van der Waals surface area (Å²) in [4.78, 5) is 2.48. The van der Waals surface area contributed by atoms with Crippen LogP contribution in [0, 0.1) is 27.7 Å². The van der Waals surface area contributed by atoms with Gasteiger partial charge in [-0.05, 0) is 73.2 Å². The molecular weight excluding hydrogens is 230 g/mol. The third-order valence-corrected chi connectivity index (χ3v) is 4.11. The summed E-state index contributed by atoms with van der Waals surface area (Å²) in [6.07, 6.45) is 0. The van der Waals surface area contributed by atoms with Crippen molar-refractivity contribution in [2.24, 2.45) is 0 Å². The van der Waals surface area contributed by atoms with Gasteiger partial charge in [-0.15, -0.1) is 0 Å². The molecule has 0 spiro atoms. The Bertz CT molecular complexity index is 589. The van der Waals surface area contributed by atoms with Crippen LogP contribution in [0.1, 0.15) is 33.4 Å². The van der Waals surface area contributed by atoms with Gasteiger partial charge in [0.05, 0.1) is 0 Å². The van der Waals surface area contributed by atoms with E-state index < -0.39 is 0 Å². The molecule has 0 bridgehead atoms. The van der Waals surface area contributed by atoms with Gasteiger partial charge in [0.2, 0.25) is 0 Å². The van der Waals surface area contributed by atoms with Gasteiger partial charge >= 0.3 is 0 Å². The Hall–Kier alpha value is -1.76. The first kappa shape index (κ1) is 12.3. The molecule has 0 atom stereocenters. The van der Waals surface area contributed by atoms with Crippen molar-refractivity contribution < 1.29 is 0 Å². The van der Waals surface area contributed by atoms with Gasteiger partial charge in [0.1, 0.15) is 0 Å². The van der Waals surface area contributed by atoms with E-state index in [2.05, 4.69) is 62.9 Å². The molecule has 0 N–H and O–H groups in total. The minimum Gasteiger partial charge on any atom is -0.363 e. The van der Waals surface area contributed by atoms with Crippen LogP contribution in [0.5, 0.6) is 0 Å². The molecule has 0 saturated heterocycles. The van der Waals surface area contributed by atoms with Crippen LogP contribution < -0.4 is 4.90 Å². The molecule has 1 nitrogen and oxygen atoms in total. The van der Waals surface area contributed by atoms with Crippen LogP contribution in [0.2, 0.25) is 0 Å². The maximum Gasteiger partial charge on any atom is 0.0436 e. The van der Waals surface area contributed by atoms with E-state index in [1.54, 1.807) is 0 Å². The summed E-state index contributed by atoms with van der Waals surface area (Å²) in [6, 6.07) is 11.5. The number of rotatable bonds is 1. The van der Waals surface area contributed by atoms with Crippen molar-refractivity contribution in [1.29, 1.82) is 0 Å². The van der Waals surface area contributed by atoms with Gasteiger partial charge in [0.25, 0.3) is 0 Å². The summed E-state index contributed by atoms with van der Waals surface area (Å²) >= 11 is 0. The minimum atomic E-state index is 1.04. The minimum absolute atomic E-state index is 1.04. The summed E-state index contributed by atoms with van der Waals surface area (Å²) in [5, 5.41) is 0. The van der Waals surface area contributed by atoms with E-state index in [9.17, 15) is 0 Å². The first-order valence-electron chi connectivity index (χ1n) is 6.95. The number of anilines is 1. The largest absolute Gasteiger partial charge is 0.363 e. The van der Waals surface area contributed by atoms with Gasteiger partial charge in [0.15, 0.2) is 0 Å². The molecule has 0 aromatic heterocycles. The molecule has 1 aliphatic rings. The van der Waals surface area contributed by atoms with Crippen molar-refractivity contribution in [1.82, 2.24) is 0 Å². The number of benzene rings is 2. The Morgan fingerprint density at radius 1 is 0.684 bits per heavy atom. The zero-order valence-electron chi connectivity index (χ0n) is 12.2. The highest BCUT2D eigenvalue weighted by atomic mass is 15.1. The highest BCUT2D eigenvalue weighted by Crippen LogP contribution is 2.31. The van der Waals surface area contributed by atoms with Crippen LogP contribution in [-0.4, -0.2) is 0 Å². The number of hydrogen-bond acceptors (Lipinski definition) is 1. The quantitative estimate of drug-likeness (QED) is 0.724. The predicted molar refractivity (Wildman–Crippen MR) is 81.7 cm³/mol. The van der Waals surface area contributed by atoms with Crippen LogP contribution in [-0.2, 0) is 13.1 Å². The third kappa shape index (κ3) is 2.25. The number of aryl methyl sites for hydroxylation is 4. The van der Waals surface area contributed by atoms with Crippen molar-refractivity contribution in [2.45, 2.75) is 40.8 Å². The molecular formula is C18H21N. The molecule has 0 radical (unpaired) electrons. The lowest BCUT2D eigenvalue weighted by atomic mass is 10.0. The molecule has 98 valence electrons. The molecule has 1 aliphatic heterocycles. The normalized spacial score (nSPS) is 13.8. The van der Waals surface area contributed by atoms with Gasteiger partial charge in [-0.1, -0.05) is 18.2 Å². The summed E-state index contributed by atoms with van der Waals surface area (Å²) in [7, 11) is 0. The zero-order valence-corrected chi connectivity index (χ0v) is 12.2. The van der Waals surface area contributed by atoms with Crippen LogP contribution in [0.3, 0.4) is 0 Å². The first-order chi connectivity index (χ1) is 9.02. The van der Waals surface area contributed by atoms with Gasteiger partial charge in [-0.3, -0.25) is 0 Å². The standard InChI is InChI=1S/C18H21N/c1-12-5-13(2)7-18(6-12)19-10-16-8-14(3)15(4)9-17(16)11-19/h5-9H,10-11H2,1-4H3. The van der Waals surface area contributed by atoms with E-state index >= 15 is 0 Å². The van der Waals surface area contributed by atoms with Gasteiger partial charge in [0, 0.05) is 18.8 Å². The van der Waals surface area contributed by atoms with Crippen molar-refractivity contribution in [3.63, 3.8) is 0 Å². The third-order valence-electron chi connectivity index (χ3n) is 4.11. The Kier molecular flexibility index (Phi) is 2.85. The molecule has 0 saturated carbocycles. The summed E-state index contributed by atoms with van der Waals surface area (Å²) in [6.45, 7) is 10.8. The molecule has 19 heavy (non-hydrogen) atoms. The average molecular weight is 251 g/mol. The molecule has 0 unspecified atom stereocenters. The molecule has 2 aromatic rings. The van der Waals surface area contributed by atoms with Gasteiger partial charge in [-0.2, -0.15) is 0 Å². The Balaban J connectivity index is 1.95. The lowest BCUT2D eigenvalue weighted by molar-refractivity contribution is 0.878. The summed E-state index contributed by atoms with van der Waals surface area (Å²) in [5.41, 5.74) is 9.83. The number of hydrogen-bond donors (Lipinski definition) is 0. The van der Waals surface area contributed by atoms with Gasteiger partial charge < -0.3 is 4.90 Å². The Labute approximate surface area is 115 Å². The SMILES string of the molecule is Cc1cc(C)cc(N2Cc3cc(C)c(C)cc3C2)c1. The van der Waals surface area contributed by atoms with E-state index in [0.29, 0.717) is 0 Å². The van der Waals surface area contributed by atoms with Crippen LogP contribution >= 0.6 is 0 Å². The topological polar surface area (TPSA) is 3.24 Å². The van der Waals surface area contributed by atoms with E-state index in [1.807, 2.05) is 0 Å².